The summed E-state index contributed by atoms with van der Waals surface area (Å²) in [7, 11) is 0. The molecule has 0 spiro atoms. The van der Waals surface area contributed by atoms with Crippen molar-refractivity contribution in [3.05, 3.63) is 35.9 Å². The number of carbonyl (C=O) groups excluding carboxylic acids is 4. The minimum atomic E-state index is -1.33. The van der Waals surface area contributed by atoms with Crippen LogP contribution in [0.5, 0.6) is 0 Å². The molecule has 11 heteroatoms. The summed E-state index contributed by atoms with van der Waals surface area (Å²) >= 11 is 0. The van der Waals surface area contributed by atoms with Gasteiger partial charge < -0.3 is 32.1 Å². The second-order valence-electron chi connectivity index (χ2n) is 7.58. The minimum absolute atomic E-state index is 0.110. The lowest BCUT2D eigenvalue weighted by Gasteiger charge is -2.22. The molecule has 7 N–H and O–H groups in total. The van der Waals surface area contributed by atoms with Crippen molar-refractivity contribution in [1.29, 1.82) is 0 Å². The molecule has 1 fully saturated rings. The van der Waals surface area contributed by atoms with Crippen molar-refractivity contribution in [2.45, 2.75) is 50.2 Å². The zero-order valence-corrected chi connectivity index (χ0v) is 17.6. The Balaban J connectivity index is 2.01. The van der Waals surface area contributed by atoms with E-state index in [1.165, 1.54) is 0 Å². The zero-order chi connectivity index (χ0) is 23.5. The molecule has 0 radical (unpaired) electrons. The van der Waals surface area contributed by atoms with Crippen molar-refractivity contribution >= 4 is 29.6 Å². The Hall–Kier alpha value is -3.47. The normalized spacial score (nSPS) is 17.1. The van der Waals surface area contributed by atoms with Gasteiger partial charge in [0, 0.05) is 12.8 Å². The smallest absolute Gasteiger partial charge is 0.326 e. The van der Waals surface area contributed by atoms with Gasteiger partial charge in [0.2, 0.25) is 23.6 Å². The van der Waals surface area contributed by atoms with E-state index >= 15 is 0 Å². The van der Waals surface area contributed by atoms with Crippen LogP contribution in [0.15, 0.2) is 30.3 Å². The lowest BCUT2D eigenvalue weighted by molar-refractivity contribution is -0.142. The Morgan fingerprint density at radius 1 is 1.09 bits per heavy atom. The first-order valence-electron chi connectivity index (χ1n) is 10.4. The fraction of sp³-hybridized carbons (Fsp3) is 0.476. The van der Waals surface area contributed by atoms with Crippen LogP contribution in [-0.4, -0.2) is 65.9 Å². The average Bonchev–Trinajstić information content (AvgIpc) is 3.29. The fourth-order valence-electron chi connectivity index (χ4n) is 3.32. The van der Waals surface area contributed by atoms with Gasteiger partial charge in [-0.15, -0.1) is 0 Å². The van der Waals surface area contributed by atoms with Crippen LogP contribution in [-0.2, 0) is 30.4 Å². The number of carboxylic acid groups (broad SMARTS) is 1. The molecule has 2 rings (SSSR count). The van der Waals surface area contributed by atoms with E-state index in [1.807, 2.05) is 0 Å². The van der Waals surface area contributed by atoms with E-state index in [0.717, 1.165) is 18.5 Å². The SMILES string of the molecule is NC(=O)CCC(NC(=O)C(Cc1ccccc1)NC(=O)CNC(=O)C1CCCN1)C(=O)O. The van der Waals surface area contributed by atoms with Crippen molar-refractivity contribution in [2.75, 3.05) is 13.1 Å². The summed E-state index contributed by atoms with van der Waals surface area (Å²) in [6.07, 6.45) is 1.29. The first kappa shape index (κ1) is 24.8. The topological polar surface area (TPSA) is 180 Å². The number of rotatable bonds is 12. The highest BCUT2D eigenvalue weighted by atomic mass is 16.4. The van der Waals surface area contributed by atoms with E-state index in [0.29, 0.717) is 6.42 Å². The number of carbonyl (C=O) groups is 5. The molecule has 0 aliphatic carbocycles. The van der Waals surface area contributed by atoms with Crippen LogP contribution in [0.4, 0.5) is 0 Å². The third-order valence-electron chi connectivity index (χ3n) is 5.03. The first-order chi connectivity index (χ1) is 15.3. The fourth-order valence-corrected chi connectivity index (χ4v) is 3.32. The second kappa shape index (κ2) is 12.4. The number of nitrogens with one attached hydrogen (secondary N) is 4. The monoisotopic (exact) mass is 447 g/mol. The lowest BCUT2D eigenvalue weighted by Crippen LogP contribution is -2.54. The average molecular weight is 447 g/mol. The van der Waals surface area contributed by atoms with E-state index in [-0.39, 0.29) is 37.8 Å². The standard InChI is InChI=1S/C21H29N5O6/c22-17(27)9-8-15(21(31)32)26-20(30)16(11-13-5-2-1-3-6-13)25-18(28)12-24-19(29)14-7-4-10-23-14/h1-3,5-6,14-16,23H,4,7-12H2,(H2,22,27)(H,24,29)(H,25,28)(H,26,30)(H,31,32). The van der Waals surface area contributed by atoms with Gasteiger partial charge in [-0.25, -0.2) is 4.79 Å². The van der Waals surface area contributed by atoms with E-state index in [9.17, 15) is 29.1 Å². The van der Waals surface area contributed by atoms with Gasteiger partial charge >= 0.3 is 5.97 Å². The van der Waals surface area contributed by atoms with E-state index < -0.39 is 35.8 Å². The van der Waals surface area contributed by atoms with Gasteiger partial charge in [-0.05, 0) is 31.4 Å². The predicted molar refractivity (Wildman–Crippen MR) is 114 cm³/mol. The molecule has 11 nitrogen and oxygen atoms in total. The summed E-state index contributed by atoms with van der Waals surface area (Å²) in [4.78, 5) is 59.7. The quantitative estimate of drug-likeness (QED) is 0.224. The molecule has 3 atom stereocenters. The highest BCUT2D eigenvalue weighted by Gasteiger charge is 2.28. The van der Waals surface area contributed by atoms with Crippen molar-refractivity contribution < 1.29 is 29.1 Å². The molecule has 174 valence electrons. The number of hydrogen-bond acceptors (Lipinski definition) is 6. The molecule has 0 aromatic heterocycles. The molecule has 1 aliphatic rings. The highest BCUT2D eigenvalue weighted by Crippen LogP contribution is 2.06. The van der Waals surface area contributed by atoms with Crippen molar-refractivity contribution in [3.63, 3.8) is 0 Å². The third kappa shape index (κ3) is 8.34. The maximum absolute atomic E-state index is 12.8. The van der Waals surface area contributed by atoms with Gasteiger partial charge in [-0.2, -0.15) is 0 Å². The van der Waals surface area contributed by atoms with Gasteiger partial charge in [0.25, 0.3) is 0 Å². The molecule has 0 bridgehead atoms. The van der Waals surface area contributed by atoms with Crippen LogP contribution in [0.25, 0.3) is 0 Å². The highest BCUT2D eigenvalue weighted by molar-refractivity contribution is 5.92. The summed E-state index contributed by atoms with van der Waals surface area (Å²) in [5.74, 6) is -3.61. The summed E-state index contributed by atoms with van der Waals surface area (Å²) in [6, 6.07) is 6.12. The molecule has 3 unspecified atom stereocenters. The van der Waals surface area contributed by atoms with Gasteiger partial charge in [0.15, 0.2) is 0 Å². The van der Waals surface area contributed by atoms with Crippen LogP contribution in [0.2, 0.25) is 0 Å². The van der Waals surface area contributed by atoms with E-state index in [1.54, 1.807) is 30.3 Å². The Morgan fingerprint density at radius 2 is 1.81 bits per heavy atom. The molecular formula is C21H29N5O6. The maximum Gasteiger partial charge on any atom is 0.326 e. The van der Waals surface area contributed by atoms with Crippen LogP contribution >= 0.6 is 0 Å². The molecule has 32 heavy (non-hydrogen) atoms. The second-order valence-corrected chi connectivity index (χ2v) is 7.58. The minimum Gasteiger partial charge on any atom is -0.480 e. The lowest BCUT2D eigenvalue weighted by atomic mass is 10.0. The summed E-state index contributed by atoms with van der Waals surface area (Å²) in [5, 5.41) is 19.8. The molecule has 4 amide bonds. The van der Waals surface area contributed by atoms with E-state index in [2.05, 4.69) is 21.3 Å². The van der Waals surface area contributed by atoms with Crippen LogP contribution in [0, 0.1) is 0 Å². The maximum atomic E-state index is 12.8. The van der Waals surface area contributed by atoms with Crippen molar-refractivity contribution in [1.82, 2.24) is 21.3 Å². The zero-order valence-electron chi connectivity index (χ0n) is 17.6. The van der Waals surface area contributed by atoms with E-state index in [4.69, 9.17) is 5.73 Å². The van der Waals surface area contributed by atoms with Gasteiger partial charge in [-0.1, -0.05) is 30.3 Å². The number of aliphatic carboxylic acids is 1. The van der Waals surface area contributed by atoms with Gasteiger partial charge in [0.1, 0.15) is 12.1 Å². The molecule has 1 heterocycles. The number of amides is 4. The Kier molecular flexibility index (Phi) is 9.61. The Morgan fingerprint density at radius 3 is 2.41 bits per heavy atom. The van der Waals surface area contributed by atoms with Crippen LogP contribution < -0.4 is 27.0 Å². The molecule has 1 saturated heterocycles. The number of nitrogens with two attached hydrogens (primary N) is 1. The largest absolute Gasteiger partial charge is 0.480 e. The number of hydrogen-bond donors (Lipinski definition) is 6. The Bertz CT molecular complexity index is 825. The Labute approximate surface area is 185 Å². The van der Waals surface area contributed by atoms with Gasteiger partial charge in [0.05, 0.1) is 12.6 Å². The summed E-state index contributed by atoms with van der Waals surface area (Å²) < 4.78 is 0. The number of carboxylic acids is 1. The molecular weight excluding hydrogens is 418 g/mol. The summed E-state index contributed by atoms with van der Waals surface area (Å²) in [6.45, 7) is 0.420. The third-order valence-corrected chi connectivity index (χ3v) is 5.03. The van der Waals surface area contributed by atoms with Gasteiger partial charge in [-0.3, -0.25) is 19.2 Å². The molecule has 1 aliphatic heterocycles. The van der Waals surface area contributed by atoms with Crippen LogP contribution in [0.1, 0.15) is 31.2 Å². The molecule has 1 aromatic rings. The predicted octanol–water partition coefficient (Wildman–Crippen LogP) is -1.58. The van der Waals surface area contributed by atoms with Crippen molar-refractivity contribution in [3.8, 4) is 0 Å². The van der Waals surface area contributed by atoms with Crippen molar-refractivity contribution in [2.24, 2.45) is 5.73 Å². The van der Waals surface area contributed by atoms with Crippen LogP contribution in [0.3, 0.4) is 0 Å². The number of benzene rings is 1. The summed E-state index contributed by atoms with van der Waals surface area (Å²) in [5.41, 5.74) is 5.81. The first-order valence-corrected chi connectivity index (χ1v) is 10.4. The number of primary amides is 1. The molecule has 1 aromatic carbocycles. The molecule has 0 saturated carbocycles.